The summed E-state index contributed by atoms with van der Waals surface area (Å²) in [6, 6.07) is 7.65. The predicted molar refractivity (Wildman–Crippen MR) is 85.7 cm³/mol. The van der Waals surface area contributed by atoms with Gasteiger partial charge < -0.3 is 19.9 Å². The third kappa shape index (κ3) is 7.66. The molecule has 1 aromatic carbocycles. The fraction of sp³-hybridized carbons (Fsp3) is 0.438. The maximum absolute atomic E-state index is 10.9. The molecule has 0 radical (unpaired) electrons. The molecule has 0 aliphatic rings. The SMILES string of the molecule is COC(=O)NC=Cc1ccc(OCC(O)CNC(C)C)cc1. The lowest BCUT2D eigenvalue weighted by Gasteiger charge is -2.15. The Labute approximate surface area is 131 Å². The van der Waals surface area contributed by atoms with Crippen molar-refractivity contribution in [2.45, 2.75) is 26.0 Å². The number of hydrogen-bond donors (Lipinski definition) is 3. The minimum atomic E-state index is -0.550. The van der Waals surface area contributed by atoms with Gasteiger partial charge in [0.15, 0.2) is 0 Å². The van der Waals surface area contributed by atoms with Crippen molar-refractivity contribution in [3.63, 3.8) is 0 Å². The number of hydrogen-bond acceptors (Lipinski definition) is 5. The molecule has 0 fully saturated rings. The molecule has 0 saturated heterocycles. The standard InChI is InChI=1S/C16H24N2O4/c1-12(2)18-10-14(19)11-22-15-6-4-13(5-7-15)8-9-17-16(20)21-3/h4-9,12,14,18-19H,10-11H2,1-3H3,(H,17,20). The molecule has 0 spiro atoms. The molecule has 1 unspecified atom stereocenters. The van der Waals surface area contributed by atoms with Gasteiger partial charge in [-0.2, -0.15) is 0 Å². The Hall–Kier alpha value is -2.05. The fourth-order valence-electron chi connectivity index (χ4n) is 1.56. The summed E-state index contributed by atoms with van der Waals surface area (Å²) in [5.41, 5.74) is 0.908. The monoisotopic (exact) mass is 308 g/mol. The van der Waals surface area contributed by atoms with Gasteiger partial charge in [0.05, 0.1) is 7.11 Å². The van der Waals surface area contributed by atoms with Crippen LogP contribution in [0, 0.1) is 0 Å². The Morgan fingerprint density at radius 3 is 2.59 bits per heavy atom. The van der Waals surface area contributed by atoms with Crippen LogP contribution in [0.3, 0.4) is 0 Å². The smallest absolute Gasteiger partial charge is 0.410 e. The number of carbonyl (C=O) groups is 1. The van der Waals surface area contributed by atoms with E-state index in [1.54, 1.807) is 18.2 Å². The number of aliphatic hydroxyl groups excluding tert-OH is 1. The normalized spacial score (nSPS) is 12.4. The van der Waals surface area contributed by atoms with Crippen molar-refractivity contribution in [3.8, 4) is 5.75 Å². The molecular formula is C16H24N2O4. The van der Waals surface area contributed by atoms with Gasteiger partial charge in [-0.05, 0) is 23.8 Å². The van der Waals surface area contributed by atoms with Gasteiger partial charge in [0.1, 0.15) is 18.5 Å². The third-order valence-corrected chi connectivity index (χ3v) is 2.75. The summed E-state index contributed by atoms with van der Waals surface area (Å²) in [5.74, 6) is 0.682. The van der Waals surface area contributed by atoms with E-state index in [9.17, 15) is 9.90 Å². The maximum Gasteiger partial charge on any atom is 0.410 e. The lowest BCUT2D eigenvalue weighted by molar-refractivity contribution is 0.104. The molecule has 6 heteroatoms. The molecule has 0 saturated carbocycles. The van der Waals surface area contributed by atoms with E-state index >= 15 is 0 Å². The summed E-state index contributed by atoms with van der Waals surface area (Å²) in [6.45, 7) is 4.78. The second kappa shape index (κ2) is 9.81. The van der Waals surface area contributed by atoms with E-state index in [2.05, 4.69) is 15.4 Å². The summed E-state index contributed by atoms with van der Waals surface area (Å²) in [5, 5.41) is 15.3. The third-order valence-electron chi connectivity index (χ3n) is 2.75. The second-order valence-electron chi connectivity index (χ2n) is 5.07. The Morgan fingerprint density at radius 1 is 1.32 bits per heavy atom. The topological polar surface area (TPSA) is 79.8 Å². The molecule has 0 bridgehead atoms. The van der Waals surface area contributed by atoms with Gasteiger partial charge in [0.25, 0.3) is 0 Å². The molecule has 0 aromatic heterocycles. The lowest BCUT2D eigenvalue weighted by atomic mass is 10.2. The van der Waals surface area contributed by atoms with E-state index < -0.39 is 12.2 Å². The number of ether oxygens (including phenoxy) is 2. The van der Waals surface area contributed by atoms with Crippen LogP contribution in [-0.2, 0) is 4.74 Å². The molecule has 22 heavy (non-hydrogen) atoms. The molecule has 0 aliphatic heterocycles. The average Bonchev–Trinajstić information content (AvgIpc) is 2.51. The molecule has 1 amide bonds. The van der Waals surface area contributed by atoms with Gasteiger partial charge in [0, 0.05) is 18.8 Å². The average molecular weight is 308 g/mol. The van der Waals surface area contributed by atoms with E-state index in [1.165, 1.54) is 13.3 Å². The predicted octanol–water partition coefficient (Wildman–Crippen LogP) is 1.75. The Kier molecular flexibility index (Phi) is 8.03. The molecule has 6 nitrogen and oxygen atoms in total. The Balaban J connectivity index is 2.37. The van der Waals surface area contributed by atoms with E-state index in [4.69, 9.17) is 4.74 Å². The van der Waals surface area contributed by atoms with Crippen LogP contribution in [0.2, 0.25) is 0 Å². The Morgan fingerprint density at radius 2 is 2.00 bits per heavy atom. The first kappa shape index (κ1) is 18.0. The van der Waals surface area contributed by atoms with Gasteiger partial charge in [-0.25, -0.2) is 4.79 Å². The number of carbonyl (C=O) groups excluding carboxylic acids is 1. The highest BCUT2D eigenvalue weighted by Crippen LogP contribution is 2.13. The zero-order valence-electron chi connectivity index (χ0n) is 13.2. The lowest BCUT2D eigenvalue weighted by Crippen LogP contribution is -2.35. The first-order chi connectivity index (χ1) is 10.5. The van der Waals surface area contributed by atoms with Crippen molar-refractivity contribution in [2.24, 2.45) is 0 Å². The first-order valence-corrected chi connectivity index (χ1v) is 7.16. The van der Waals surface area contributed by atoms with Crippen LogP contribution >= 0.6 is 0 Å². The molecule has 0 aliphatic carbocycles. The van der Waals surface area contributed by atoms with Gasteiger partial charge in [0.2, 0.25) is 0 Å². The Bertz CT molecular complexity index is 472. The molecule has 0 heterocycles. The molecule has 1 aromatic rings. The number of benzene rings is 1. The van der Waals surface area contributed by atoms with Gasteiger partial charge in [-0.1, -0.05) is 26.0 Å². The van der Waals surface area contributed by atoms with Crippen molar-refractivity contribution in [3.05, 3.63) is 36.0 Å². The summed E-state index contributed by atoms with van der Waals surface area (Å²) in [6.07, 6.45) is 2.18. The second-order valence-corrected chi connectivity index (χ2v) is 5.07. The molecular weight excluding hydrogens is 284 g/mol. The first-order valence-electron chi connectivity index (χ1n) is 7.16. The van der Waals surface area contributed by atoms with Crippen molar-refractivity contribution < 1.29 is 19.4 Å². The fourth-order valence-corrected chi connectivity index (χ4v) is 1.56. The number of amides is 1. The van der Waals surface area contributed by atoms with Crippen molar-refractivity contribution >= 4 is 12.2 Å². The van der Waals surface area contributed by atoms with Gasteiger partial charge >= 0.3 is 6.09 Å². The van der Waals surface area contributed by atoms with Gasteiger partial charge in [-0.15, -0.1) is 0 Å². The van der Waals surface area contributed by atoms with Crippen LogP contribution in [0.15, 0.2) is 30.5 Å². The zero-order valence-corrected chi connectivity index (χ0v) is 13.2. The summed E-state index contributed by atoms with van der Waals surface area (Å²) in [7, 11) is 1.31. The van der Waals surface area contributed by atoms with Crippen molar-refractivity contribution in [1.82, 2.24) is 10.6 Å². The highest BCUT2D eigenvalue weighted by molar-refractivity contribution is 5.69. The largest absolute Gasteiger partial charge is 0.491 e. The number of rotatable bonds is 8. The van der Waals surface area contributed by atoms with E-state index in [0.717, 1.165) is 5.56 Å². The number of alkyl carbamates (subject to hydrolysis) is 1. The van der Waals surface area contributed by atoms with Crippen molar-refractivity contribution in [1.29, 1.82) is 0 Å². The number of methoxy groups -OCH3 is 1. The van der Waals surface area contributed by atoms with Crippen LogP contribution in [0.1, 0.15) is 19.4 Å². The summed E-state index contributed by atoms with van der Waals surface area (Å²) < 4.78 is 9.96. The molecule has 122 valence electrons. The minimum Gasteiger partial charge on any atom is -0.491 e. The van der Waals surface area contributed by atoms with Crippen LogP contribution in [0.25, 0.3) is 6.08 Å². The summed E-state index contributed by atoms with van der Waals surface area (Å²) >= 11 is 0. The summed E-state index contributed by atoms with van der Waals surface area (Å²) in [4.78, 5) is 10.9. The highest BCUT2D eigenvalue weighted by Gasteiger charge is 2.05. The number of nitrogens with one attached hydrogen (secondary N) is 2. The van der Waals surface area contributed by atoms with E-state index in [-0.39, 0.29) is 6.61 Å². The zero-order chi connectivity index (χ0) is 16.4. The number of aliphatic hydroxyl groups is 1. The van der Waals surface area contributed by atoms with Crippen LogP contribution in [-0.4, -0.2) is 43.6 Å². The molecule has 3 N–H and O–H groups in total. The quantitative estimate of drug-likeness (QED) is 0.682. The molecule has 1 rings (SSSR count). The van der Waals surface area contributed by atoms with Crippen LogP contribution < -0.4 is 15.4 Å². The minimum absolute atomic E-state index is 0.235. The highest BCUT2D eigenvalue weighted by atomic mass is 16.5. The van der Waals surface area contributed by atoms with E-state index in [1.807, 2.05) is 26.0 Å². The van der Waals surface area contributed by atoms with E-state index in [0.29, 0.717) is 18.3 Å². The maximum atomic E-state index is 10.9. The van der Waals surface area contributed by atoms with Crippen LogP contribution in [0.4, 0.5) is 4.79 Å². The molecule has 1 atom stereocenters. The van der Waals surface area contributed by atoms with Crippen LogP contribution in [0.5, 0.6) is 5.75 Å². The van der Waals surface area contributed by atoms with Gasteiger partial charge in [-0.3, -0.25) is 5.32 Å². The van der Waals surface area contributed by atoms with Crippen molar-refractivity contribution in [2.75, 3.05) is 20.3 Å².